The van der Waals surface area contributed by atoms with Crippen LogP contribution in [0.2, 0.25) is 0 Å². The van der Waals surface area contributed by atoms with E-state index in [1.54, 1.807) is 0 Å². The molecule has 0 aromatic carbocycles. The maximum absolute atomic E-state index is 13.6. The van der Waals surface area contributed by atoms with Crippen LogP contribution in [0.1, 0.15) is 65.1 Å². The van der Waals surface area contributed by atoms with Gasteiger partial charge in [0.15, 0.2) is 5.82 Å². The van der Waals surface area contributed by atoms with Crippen LogP contribution in [-0.4, -0.2) is 77.8 Å². The van der Waals surface area contributed by atoms with Gasteiger partial charge in [-0.1, -0.05) is 32.9 Å². The average Bonchev–Trinajstić information content (AvgIpc) is 3.27. The van der Waals surface area contributed by atoms with Crippen LogP contribution in [0.3, 0.4) is 0 Å². The van der Waals surface area contributed by atoms with Gasteiger partial charge in [-0.3, -0.25) is 9.69 Å². The zero-order valence-electron chi connectivity index (χ0n) is 19.7. The molecule has 3 aliphatic rings. The zero-order chi connectivity index (χ0) is 22.1. The first-order chi connectivity index (χ1) is 14.8. The van der Waals surface area contributed by atoms with E-state index >= 15 is 0 Å². The van der Waals surface area contributed by atoms with Crippen molar-refractivity contribution < 1.29 is 14.1 Å². The van der Waals surface area contributed by atoms with Gasteiger partial charge in [0.2, 0.25) is 11.8 Å². The van der Waals surface area contributed by atoms with Crippen molar-refractivity contribution in [2.45, 2.75) is 71.4 Å². The normalized spacial score (nSPS) is 30.7. The smallest absolute Gasteiger partial charge is 0.246 e. The summed E-state index contributed by atoms with van der Waals surface area (Å²) < 4.78 is 10.9. The number of amides is 1. The third-order valence-electron chi connectivity index (χ3n) is 7.56. The van der Waals surface area contributed by atoms with Gasteiger partial charge in [0.25, 0.3) is 0 Å². The fraction of sp³-hybridized carbons (Fsp3) is 0.870. The molecule has 3 fully saturated rings. The van der Waals surface area contributed by atoms with Crippen LogP contribution < -0.4 is 5.32 Å². The van der Waals surface area contributed by atoms with Crippen molar-refractivity contribution in [1.29, 1.82) is 0 Å². The monoisotopic (exact) mass is 433 g/mol. The molecule has 0 bridgehead atoms. The van der Waals surface area contributed by atoms with Crippen LogP contribution >= 0.6 is 0 Å². The van der Waals surface area contributed by atoms with Crippen LogP contribution in [0.25, 0.3) is 0 Å². The van der Waals surface area contributed by atoms with Crippen LogP contribution in [0.5, 0.6) is 0 Å². The lowest BCUT2D eigenvalue weighted by atomic mass is 9.61. The Morgan fingerprint density at radius 2 is 2.00 bits per heavy atom. The molecule has 2 aliphatic heterocycles. The third-order valence-corrected chi connectivity index (χ3v) is 7.56. The van der Waals surface area contributed by atoms with Gasteiger partial charge in [-0.05, 0) is 44.7 Å². The molecule has 31 heavy (non-hydrogen) atoms. The molecule has 0 spiro atoms. The van der Waals surface area contributed by atoms with Crippen molar-refractivity contribution >= 4 is 5.91 Å². The molecule has 1 aliphatic carbocycles. The summed E-state index contributed by atoms with van der Waals surface area (Å²) in [5.74, 6) is 1.74. The fourth-order valence-electron chi connectivity index (χ4n) is 5.60. The molecule has 0 unspecified atom stereocenters. The predicted molar refractivity (Wildman–Crippen MR) is 118 cm³/mol. The number of fused-ring (bicyclic) bond motifs is 1. The summed E-state index contributed by atoms with van der Waals surface area (Å²) in [5, 5.41) is 7.25. The Morgan fingerprint density at radius 1 is 1.23 bits per heavy atom. The van der Waals surface area contributed by atoms with Gasteiger partial charge in [0.1, 0.15) is 0 Å². The second-order valence-electron chi connectivity index (χ2n) is 10.5. The second kappa shape index (κ2) is 9.16. The fourth-order valence-corrected chi connectivity index (χ4v) is 5.60. The molecule has 1 N–H and O–H groups in total. The minimum absolute atomic E-state index is 0.159. The standard InChI is InChI=1S/C23H39N5O3/c1-5-27-9-7-17-14-18(28-10-12-30-13-11-28)6-8-23(17,16-27)21(29)24-15-19-25-20(26-31-19)22(2,3)4/h17-18H,5-16H2,1-4H3,(H,24,29)/t17-,18+,23-/m1/s1. The Balaban J connectivity index is 1.44. The summed E-state index contributed by atoms with van der Waals surface area (Å²) in [6, 6.07) is 0.577. The molecule has 1 aromatic heterocycles. The van der Waals surface area contributed by atoms with Gasteiger partial charge < -0.3 is 19.5 Å². The summed E-state index contributed by atoms with van der Waals surface area (Å²) >= 11 is 0. The Bertz CT molecular complexity index is 755. The SMILES string of the molecule is CCN1CC[C@@H]2C[C@@H](N3CCOCC3)CC[C@@]2(C(=O)NCc2nc(C(C)(C)C)no2)C1. The minimum Gasteiger partial charge on any atom is -0.379 e. The summed E-state index contributed by atoms with van der Waals surface area (Å²) in [4.78, 5) is 23.1. The quantitative estimate of drug-likeness (QED) is 0.762. The number of hydrogen-bond acceptors (Lipinski definition) is 7. The van der Waals surface area contributed by atoms with Crippen molar-refractivity contribution in [2.24, 2.45) is 11.3 Å². The Hall–Kier alpha value is -1.51. The van der Waals surface area contributed by atoms with Crippen LogP contribution in [0, 0.1) is 11.3 Å². The van der Waals surface area contributed by atoms with Crippen LogP contribution in [-0.2, 0) is 21.5 Å². The van der Waals surface area contributed by atoms with E-state index in [-0.39, 0.29) is 16.7 Å². The first-order valence-electron chi connectivity index (χ1n) is 12.0. The van der Waals surface area contributed by atoms with E-state index in [4.69, 9.17) is 9.26 Å². The van der Waals surface area contributed by atoms with Gasteiger partial charge in [-0.2, -0.15) is 4.98 Å². The highest BCUT2D eigenvalue weighted by Gasteiger charge is 2.52. The number of morpholine rings is 1. The van der Waals surface area contributed by atoms with Gasteiger partial charge in [0.05, 0.1) is 25.2 Å². The third kappa shape index (κ3) is 4.81. The molecule has 0 radical (unpaired) electrons. The molecule has 1 saturated carbocycles. The highest BCUT2D eigenvalue weighted by Crippen LogP contribution is 2.47. The largest absolute Gasteiger partial charge is 0.379 e. The number of carbonyl (C=O) groups excluding carboxylic acids is 1. The molecule has 8 heteroatoms. The number of aromatic nitrogens is 2. The van der Waals surface area contributed by atoms with Crippen molar-refractivity contribution in [3.8, 4) is 0 Å². The first-order valence-corrected chi connectivity index (χ1v) is 12.0. The van der Waals surface area contributed by atoms with Crippen LogP contribution in [0.15, 0.2) is 4.52 Å². The molecule has 1 amide bonds. The number of nitrogens with zero attached hydrogens (tertiary/aromatic N) is 4. The number of ether oxygens (including phenoxy) is 1. The van der Waals surface area contributed by atoms with E-state index in [0.29, 0.717) is 30.2 Å². The van der Waals surface area contributed by atoms with Gasteiger partial charge in [0, 0.05) is 31.1 Å². The molecule has 2 saturated heterocycles. The van der Waals surface area contributed by atoms with Crippen LogP contribution in [0.4, 0.5) is 0 Å². The molecular formula is C23H39N5O3. The number of rotatable bonds is 5. The molecule has 174 valence electrons. The average molecular weight is 434 g/mol. The van der Waals surface area contributed by atoms with Gasteiger partial charge in [-0.25, -0.2) is 0 Å². The Kier molecular flexibility index (Phi) is 6.70. The number of piperidine rings is 1. The van der Waals surface area contributed by atoms with E-state index < -0.39 is 0 Å². The summed E-state index contributed by atoms with van der Waals surface area (Å²) in [6.07, 6.45) is 4.23. The van der Waals surface area contributed by atoms with Gasteiger partial charge >= 0.3 is 0 Å². The predicted octanol–water partition coefficient (Wildman–Crippen LogP) is 2.20. The second-order valence-corrected chi connectivity index (χ2v) is 10.5. The van der Waals surface area contributed by atoms with E-state index in [1.165, 1.54) is 0 Å². The van der Waals surface area contributed by atoms with Gasteiger partial charge in [-0.15, -0.1) is 0 Å². The summed E-state index contributed by atoms with van der Waals surface area (Å²) in [5.41, 5.74) is -0.484. The molecule has 4 rings (SSSR count). The highest BCUT2D eigenvalue weighted by molar-refractivity contribution is 5.83. The van der Waals surface area contributed by atoms with E-state index in [9.17, 15) is 4.79 Å². The lowest BCUT2D eigenvalue weighted by Gasteiger charge is -2.53. The number of hydrogen-bond donors (Lipinski definition) is 1. The lowest BCUT2D eigenvalue weighted by Crippen LogP contribution is -2.60. The number of nitrogens with one attached hydrogen (secondary N) is 1. The molecular weight excluding hydrogens is 394 g/mol. The minimum atomic E-state index is -0.316. The topological polar surface area (TPSA) is 83.7 Å². The Morgan fingerprint density at radius 3 is 2.68 bits per heavy atom. The molecule has 1 aromatic rings. The van der Waals surface area contributed by atoms with E-state index in [2.05, 4.69) is 53.0 Å². The number of likely N-dealkylation sites (tertiary alicyclic amines) is 1. The van der Waals surface area contributed by atoms with Crippen molar-refractivity contribution in [1.82, 2.24) is 25.3 Å². The zero-order valence-corrected chi connectivity index (χ0v) is 19.7. The highest BCUT2D eigenvalue weighted by atomic mass is 16.5. The maximum Gasteiger partial charge on any atom is 0.246 e. The Labute approximate surface area is 186 Å². The van der Waals surface area contributed by atoms with E-state index in [0.717, 1.165) is 71.6 Å². The lowest BCUT2D eigenvalue weighted by molar-refractivity contribution is -0.145. The van der Waals surface area contributed by atoms with Crippen molar-refractivity contribution in [3.05, 3.63) is 11.7 Å². The van der Waals surface area contributed by atoms with E-state index in [1.807, 2.05) is 0 Å². The molecule has 3 heterocycles. The summed E-state index contributed by atoms with van der Waals surface area (Å²) in [6.45, 7) is 15.3. The van der Waals surface area contributed by atoms with Crippen molar-refractivity contribution in [2.75, 3.05) is 45.9 Å². The molecule has 8 nitrogen and oxygen atoms in total. The maximum atomic E-state index is 13.6. The van der Waals surface area contributed by atoms with Crippen molar-refractivity contribution in [3.63, 3.8) is 0 Å². The molecule has 3 atom stereocenters. The first kappa shape index (κ1) is 22.7. The number of carbonyl (C=O) groups is 1. The summed E-state index contributed by atoms with van der Waals surface area (Å²) in [7, 11) is 0.